The molecule has 0 spiro atoms. The van der Waals surface area contributed by atoms with Crippen LogP contribution in [0.2, 0.25) is 0 Å². The molecule has 0 aliphatic heterocycles. The summed E-state index contributed by atoms with van der Waals surface area (Å²) in [5.74, 6) is 0. The topological polar surface area (TPSA) is 0 Å². The van der Waals surface area contributed by atoms with Crippen LogP contribution in [0, 0.1) is 0 Å². The first kappa shape index (κ1) is 21.1. The van der Waals surface area contributed by atoms with Gasteiger partial charge in [0.2, 0.25) is 0 Å². The molecule has 0 aromatic rings. The van der Waals surface area contributed by atoms with Gasteiger partial charge in [-0.2, -0.15) is 0 Å². The second kappa shape index (κ2) is 10.2. The third-order valence-electron chi connectivity index (χ3n) is 5.93. The van der Waals surface area contributed by atoms with E-state index in [1.54, 1.807) is 22.3 Å². The van der Waals surface area contributed by atoms with E-state index in [9.17, 15) is 0 Å². The van der Waals surface area contributed by atoms with Crippen molar-refractivity contribution >= 4 is 0 Å². The summed E-state index contributed by atoms with van der Waals surface area (Å²) in [5, 5.41) is 0. The van der Waals surface area contributed by atoms with Gasteiger partial charge in [-0.05, 0) is 0 Å². The van der Waals surface area contributed by atoms with Crippen LogP contribution in [-0.2, 0) is 22.9 Å². The minimum absolute atomic E-state index is 0.948. The molecule has 2 aliphatic rings. The molecule has 1 heteroatoms. The van der Waals surface area contributed by atoms with Gasteiger partial charge in [-0.3, -0.25) is 0 Å². The average Bonchev–Trinajstić information content (AvgIpc) is 3.13. The summed E-state index contributed by atoms with van der Waals surface area (Å²) < 4.78 is 3.88. The summed E-state index contributed by atoms with van der Waals surface area (Å²) in [6.07, 6.45) is 13.0. The molecule has 0 saturated heterocycles. The van der Waals surface area contributed by atoms with E-state index in [2.05, 4.69) is 41.5 Å². The summed E-state index contributed by atoms with van der Waals surface area (Å²) in [7, 11) is 0. The Morgan fingerprint density at radius 3 is 1.24 bits per heavy atom. The van der Waals surface area contributed by atoms with Crippen molar-refractivity contribution < 1.29 is 22.9 Å². The van der Waals surface area contributed by atoms with E-state index in [-0.39, 0.29) is 0 Å². The van der Waals surface area contributed by atoms with Gasteiger partial charge in [0, 0.05) is 0 Å². The van der Waals surface area contributed by atoms with Crippen LogP contribution in [-0.4, -0.2) is 0 Å². The molecule has 138 valence electrons. The normalized spacial score (nSPS) is 18.3. The van der Waals surface area contributed by atoms with Gasteiger partial charge in [-0.1, -0.05) is 0 Å². The minimum atomic E-state index is -0.948. The van der Waals surface area contributed by atoms with E-state index in [0.29, 0.717) is 0 Å². The summed E-state index contributed by atoms with van der Waals surface area (Å²) in [6.45, 7) is 14.3. The van der Waals surface area contributed by atoms with Crippen LogP contribution in [0.15, 0.2) is 40.1 Å². The number of allylic oxidation sites excluding steroid dienone is 8. The second-order valence-electron chi connectivity index (χ2n) is 7.51. The summed E-state index contributed by atoms with van der Waals surface area (Å²) in [5.41, 5.74) is 10.9. The molecule has 0 N–H and O–H groups in total. The van der Waals surface area contributed by atoms with Crippen molar-refractivity contribution in [3.8, 4) is 0 Å². The Balaban J connectivity index is 2.44. The maximum absolute atomic E-state index is 2.40. The first-order valence-corrected chi connectivity index (χ1v) is 14.4. The predicted molar refractivity (Wildman–Crippen MR) is 108 cm³/mol. The Bertz CT molecular complexity index is 556. The monoisotopic (exact) mass is 506 g/mol. The Morgan fingerprint density at radius 1 is 0.560 bits per heavy atom. The molecule has 0 nitrogen and oxygen atoms in total. The number of hydrogen-bond donors (Lipinski definition) is 0. The van der Waals surface area contributed by atoms with Gasteiger partial charge in [0.25, 0.3) is 0 Å². The van der Waals surface area contributed by atoms with Crippen LogP contribution in [0.1, 0.15) is 106 Å². The third-order valence-corrected chi connectivity index (χ3v) is 12.4. The third kappa shape index (κ3) is 4.57. The zero-order valence-electron chi connectivity index (χ0n) is 17.6. The summed E-state index contributed by atoms with van der Waals surface area (Å²) in [6, 6.07) is 0. The van der Waals surface area contributed by atoms with E-state index >= 15 is 0 Å². The van der Waals surface area contributed by atoms with Gasteiger partial charge in [0.05, 0.1) is 0 Å². The van der Waals surface area contributed by atoms with E-state index < -0.39 is 22.9 Å². The standard InChI is InChI=1S/2C12H19.Hf/c2*1-4-7-10-8-11(5-2)12(6-3)9-10;/h2*4-8H2,1-3H3;. The fourth-order valence-corrected chi connectivity index (χ4v) is 12.0. The van der Waals surface area contributed by atoms with Crippen molar-refractivity contribution in [1.29, 1.82) is 0 Å². The molecule has 0 saturated carbocycles. The van der Waals surface area contributed by atoms with Crippen molar-refractivity contribution in [2.45, 2.75) is 106 Å². The molecule has 0 unspecified atom stereocenters. The van der Waals surface area contributed by atoms with Gasteiger partial charge in [0.15, 0.2) is 0 Å². The van der Waals surface area contributed by atoms with Crippen LogP contribution < -0.4 is 0 Å². The Morgan fingerprint density at radius 2 is 0.960 bits per heavy atom. The van der Waals surface area contributed by atoms with Gasteiger partial charge in [0.1, 0.15) is 0 Å². The Labute approximate surface area is 168 Å². The quantitative estimate of drug-likeness (QED) is 0.263. The fourth-order valence-electron chi connectivity index (χ4n) is 4.70. The molecule has 0 fully saturated rings. The Kier molecular flexibility index (Phi) is 8.66. The van der Waals surface area contributed by atoms with Crippen LogP contribution in [0.5, 0.6) is 0 Å². The fraction of sp³-hybridized carbons (Fsp3) is 0.667. The zero-order chi connectivity index (χ0) is 18.4. The van der Waals surface area contributed by atoms with Gasteiger partial charge < -0.3 is 0 Å². The zero-order valence-corrected chi connectivity index (χ0v) is 21.2. The molecule has 2 rings (SSSR count). The molecular weight excluding hydrogens is 467 g/mol. The molecule has 0 bridgehead atoms. The Hall–Kier alpha value is -0.170. The SMILES string of the molecule is CCCC1=[C]([Hf][C]2=C(CCC)CC(CC)=C2CC)C(CC)=C(CC)C1. The van der Waals surface area contributed by atoms with Gasteiger partial charge in [-0.25, -0.2) is 0 Å². The van der Waals surface area contributed by atoms with Crippen molar-refractivity contribution in [2.24, 2.45) is 0 Å². The van der Waals surface area contributed by atoms with Crippen LogP contribution in [0.3, 0.4) is 0 Å². The average molecular weight is 505 g/mol. The van der Waals surface area contributed by atoms with E-state index in [0.717, 1.165) is 0 Å². The molecule has 0 heterocycles. The number of rotatable bonds is 10. The molecule has 0 amide bonds. The molecular formula is C24H38Hf. The van der Waals surface area contributed by atoms with Crippen LogP contribution in [0.25, 0.3) is 0 Å². The van der Waals surface area contributed by atoms with Crippen LogP contribution in [0.4, 0.5) is 0 Å². The van der Waals surface area contributed by atoms with E-state index in [1.807, 2.05) is 17.8 Å². The van der Waals surface area contributed by atoms with E-state index in [1.165, 1.54) is 64.2 Å². The molecule has 0 radical (unpaired) electrons. The molecule has 2 aliphatic carbocycles. The predicted octanol–water partition coefficient (Wildman–Crippen LogP) is 8.22. The van der Waals surface area contributed by atoms with Crippen molar-refractivity contribution in [2.75, 3.05) is 0 Å². The molecule has 0 aromatic carbocycles. The summed E-state index contributed by atoms with van der Waals surface area (Å²) in [4.78, 5) is 0. The first-order chi connectivity index (χ1) is 12.1. The molecule has 0 atom stereocenters. The van der Waals surface area contributed by atoms with E-state index in [4.69, 9.17) is 0 Å². The van der Waals surface area contributed by atoms with Crippen molar-refractivity contribution in [3.63, 3.8) is 0 Å². The van der Waals surface area contributed by atoms with Crippen molar-refractivity contribution in [3.05, 3.63) is 40.1 Å². The first-order valence-electron chi connectivity index (χ1n) is 10.8. The van der Waals surface area contributed by atoms with Crippen LogP contribution >= 0.6 is 0 Å². The maximum atomic E-state index is 2.40. The second-order valence-corrected chi connectivity index (χ2v) is 12.0. The summed E-state index contributed by atoms with van der Waals surface area (Å²) >= 11 is -0.948. The molecule has 25 heavy (non-hydrogen) atoms. The van der Waals surface area contributed by atoms with Crippen molar-refractivity contribution in [1.82, 2.24) is 0 Å². The van der Waals surface area contributed by atoms with Gasteiger partial charge in [-0.15, -0.1) is 0 Å². The molecule has 0 aromatic heterocycles. The van der Waals surface area contributed by atoms with Gasteiger partial charge >= 0.3 is 169 Å². The number of hydrogen-bond acceptors (Lipinski definition) is 0.